The topological polar surface area (TPSA) is 61.0 Å². The van der Waals surface area contributed by atoms with Crippen molar-refractivity contribution in [3.63, 3.8) is 0 Å². The molecule has 98 valence electrons. The van der Waals surface area contributed by atoms with Crippen LogP contribution in [0.3, 0.4) is 0 Å². The first-order chi connectivity index (χ1) is 8.72. The average Bonchev–Trinajstić information content (AvgIpc) is 2.71. The minimum atomic E-state index is 0.0687. The summed E-state index contributed by atoms with van der Waals surface area (Å²) >= 11 is 5.91. The molecular weight excluding hydrogens is 254 g/mol. The molecule has 0 fully saturated rings. The Balaban J connectivity index is 2.14. The molecule has 0 unspecified atom stereocenters. The van der Waals surface area contributed by atoms with E-state index < -0.39 is 0 Å². The maximum Gasteiger partial charge on any atom is 0.137 e. The Labute approximate surface area is 110 Å². The summed E-state index contributed by atoms with van der Waals surface area (Å²) in [5.74, 6) is 0. The molecule has 2 aromatic rings. The Morgan fingerprint density at radius 2 is 1.89 bits per heavy atom. The predicted octanol–water partition coefficient (Wildman–Crippen LogP) is 0.774. The van der Waals surface area contributed by atoms with Crippen LogP contribution in [0.15, 0.2) is 24.5 Å². The summed E-state index contributed by atoms with van der Waals surface area (Å²) in [6, 6.07) is 3.65. The fourth-order valence-electron chi connectivity index (χ4n) is 1.88. The van der Waals surface area contributed by atoms with Crippen LogP contribution in [0, 0.1) is 0 Å². The van der Waals surface area contributed by atoms with E-state index in [1.54, 1.807) is 12.3 Å². The Morgan fingerprint density at radius 1 is 1.17 bits per heavy atom. The molecule has 2 N–H and O–H groups in total. The van der Waals surface area contributed by atoms with E-state index in [-0.39, 0.29) is 13.2 Å². The molecule has 6 heteroatoms. The van der Waals surface area contributed by atoms with Crippen LogP contribution in [0.25, 0.3) is 5.65 Å². The number of rotatable bonds is 6. The van der Waals surface area contributed by atoms with Crippen LogP contribution >= 0.6 is 11.6 Å². The van der Waals surface area contributed by atoms with Crippen LogP contribution in [0.1, 0.15) is 5.69 Å². The van der Waals surface area contributed by atoms with Gasteiger partial charge in [0.25, 0.3) is 0 Å². The molecule has 2 rings (SSSR count). The summed E-state index contributed by atoms with van der Waals surface area (Å²) in [4.78, 5) is 6.41. The van der Waals surface area contributed by atoms with Crippen molar-refractivity contribution in [2.75, 3.05) is 26.3 Å². The number of aromatic nitrogens is 2. The monoisotopic (exact) mass is 269 g/mol. The van der Waals surface area contributed by atoms with E-state index in [9.17, 15) is 0 Å². The lowest BCUT2D eigenvalue weighted by molar-refractivity contribution is 0.155. The quantitative estimate of drug-likeness (QED) is 0.813. The largest absolute Gasteiger partial charge is 0.395 e. The average molecular weight is 270 g/mol. The number of pyridine rings is 1. The molecule has 5 nitrogen and oxygen atoms in total. The van der Waals surface area contributed by atoms with Gasteiger partial charge in [0.05, 0.1) is 23.9 Å². The van der Waals surface area contributed by atoms with Crippen LogP contribution in [0.5, 0.6) is 0 Å². The number of hydrogen-bond acceptors (Lipinski definition) is 4. The zero-order valence-corrected chi connectivity index (χ0v) is 10.7. The van der Waals surface area contributed by atoms with Gasteiger partial charge in [0, 0.05) is 32.0 Å². The van der Waals surface area contributed by atoms with Gasteiger partial charge in [-0.2, -0.15) is 0 Å². The summed E-state index contributed by atoms with van der Waals surface area (Å²) in [5, 5.41) is 18.6. The van der Waals surface area contributed by atoms with Crippen molar-refractivity contribution >= 4 is 17.2 Å². The fraction of sp³-hybridized carbons (Fsp3) is 0.417. The van der Waals surface area contributed by atoms with E-state index in [1.165, 1.54) is 0 Å². The van der Waals surface area contributed by atoms with Gasteiger partial charge in [-0.3, -0.25) is 4.90 Å². The molecule has 18 heavy (non-hydrogen) atoms. The van der Waals surface area contributed by atoms with E-state index in [0.29, 0.717) is 24.7 Å². The van der Waals surface area contributed by atoms with Gasteiger partial charge in [-0.05, 0) is 12.1 Å². The number of imidazole rings is 1. The normalized spacial score (nSPS) is 11.6. The smallest absolute Gasteiger partial charge is 0.137 e. The van der Waals surface area contributed by atoms with Gasteiger partial charge >= 0.3 is 0 Å². The second-order valence-electron chi connectivity index (χ2n) is 4.07. The standard InChI is InChI=1S/C12H16ClN3O2/c13-10-1-2-12-14-11(9-16(12)7-10)8-15(3-5-17)4-6-18/h1-2,7,9,17-18H,3-6,8H2. The van der Waals surface area contributed by atoms with Crippen molar-refractivity contribution < 1.29 is 10.2 Å². The number of aliphatic hydroxyl groups excluding tert-OH is 2. The Hall–Kier alpha value is -1.14. The number of aliphatic hydroxyl groups is 2. The van der Waals surface area contributed by atoms with E-state index in [2.05, 4.69) is 4.98 Å². The highest BCUT2D eigenvalue weighted by atomic mass is 35.5. The van der Waals surface area contributed by atoms with Crippen LogP contribution in [0.4, 0.5) is 0 Å². The van der Waals surface area contributed by atoms with Crippen molar-refractivity contribution in [1.29, 1.82) is 0 Å². The van der Waals surface area contributed by atoms with Gasteiger partial charge in [-0.25, -0.2) is 4.98 Å². The van der Waals surface area contributed by atoms with E-state index in [1.807, 2.05) is 21.6 Å². The maximum atomic E-state index is 8.95. The lowest BCUT2D eigenvalue weighted by Gasteiger charge is -2.18. The summed E-state index contributed by atoms with van der Waals surface area (Å²) in [5.41, 5.74) is 1.72. The Bertz CT molecular complexity index is 509. The molecule has 0 aromatic carbocycles. The molecule has 0 saturated carbocycles. The highest BCUT2D eigenvalue weighted by Gasteiger charge is 2.08. The van der Waals surface area contributed by atoms with Gasteiger partial charge in [-0.1, -0.05) is 11.6 Å². The summed E-state index contributed by atoms with van der Waals surface area (Å²) in [6.45, 7) is 1.78. The van der Waals surface area contributed by atoms with Gasteiger partial charge in [-0.15, -0.1) is 0 Å². The number of fused-ring (bicyclic) bond motifs is 1. The van der Waals surface area contributed by atoms with Crippen molar-refractivity contribution in [2.45, 2.75) is 6.54 Å². The first-order valence-electron chi connectivity index (χ1n) is 5.80. The second-order valence-corrected chi connectivity index (χ2v) is 4.50. The molecule has 0 aliphatic rings. The highest BCUT2D eigenvalue weighted by molar-refractivity contribution is 6.30. The summed E-state index contributed by atoms with van der Waals surface area (Å²) in [6.07, 6.45) is 3.71. The summed E-state index contributed by atoms with van der Waals surface area (Å²) < 4.78 is 1.87. The van der Waals surface area contributed by atoms with Crippen LogP contribution < -0.4 is 0 Å². The zero-order chi connectivity index (χ0) is 13.0. The van der Waals surface area contributed by atoms with Crippen LogP contribution in [-0.4, -0.2) is 50.8 Å². The van der Waals surface area contributed by atoms with E-state index in [0.717, 1.165) is 11.3 Å². The molecule has 0 atom stereocenters. The molecule has 0 aliphatic carbocycles. The molecule has 0 radical (unpaired) electrons. The number of nitrogens with zero attached hydrogens (tertiary/aromatic N) is 3. The molecule has 2 heterocycles. The zero-order valence-electron chi connectivity index (χ0n) is 9.96. The lowest BCUT2D eigenvalue weighted by atomic mass is 10.4. The van der Waals surface area contributed by atoms with Crippen molar-refractivity contribution in [2.24, 2.45) is 0 Å². The highest BCUT2D eigenvalue weighted by Crippen LogP contribution is 2.12. The molecule has 0 saturated heterocycles. The molecule has 2 aromatic heterocycles. The van der Waals surface area contributed by atoms with Crippen LogP contribution in [-0.2, 0) is 6.54 Å². The van der Waals surface area contributed by atoms with Crippen molar-refractivity contribution in [1.82, 2.24) is 14.3 Å². The second kappa shape index (κ2) is 6.15. The minimum Gasteiger partial charge on any atom is -0.395 e. The van der Waals surface area contributed by atoms with Gasteiger partial charge in [0.1, 0.15) is 5.65 Å². The third kappa shape index (κ3) is 3.20. The van der Waals surface area contributed by atoms with Gasteiger partial charge in [0.15, 0.2) is 0 Å². The first-order valence-corrected chi connectivity index (χ1v) is 6.18. The fourth-order valence-corrected chi connectivity index (χ4v) is 2.04. The summed E-state index contributed by atoms with van der Waals surface area (Å²) in [7, 11) is 0. The first kappa shape index (κ1) is 13.3. The molecule has 0 amide bonds. The molecule has 0 spiro atoms. The third-order valence-electron chi connectivity index (χ3n) is 2.68. The number of halogens is 1. The van der Waals surface area contributed by atoms with Gasteiger partial charge < -0.3 is 14.6 Å². The SMILES string of the molecule is OCCN(CCO)Cc1cn2cc(Cl)ccc2n1. The Kier molecular flexibility index (Phi) is 4.54. The molecular formula is C12H16ClN3O2. The van der Waals surface area contributed by atoms with Crippen LogP contribution in [0.2, 0.25) is 5.02 Å². The maximum absolute atomic E-state index is 8.95. The van der Waals surface area contributed by atoms with Crippen molar-refractivity contribution in [3.05, 3.63) is 35.2 Å². The van der Waals surface area contributed by atoms with Crippen molar-refractivity contribution in [3.8, 4) is 0 Å². The van der Waals surface area contributed by atoms with E-state index >= 15 is 0 Å². The van der Waals surface area contributed by atoms with Gasteiger partial charge in [0.2, 0.25) is 0 Å². The third-order valence-corrected chi connectivity index (χ3v) is 2.91. The number of hydrogen-bond donors (Lipinski definition) is 2. The Morgan fingerprint density at radius 3 is 2.56 bits per heavy atom. The predicted molar refractivity (Wildman–Crippen MR) is 69.7 cm³/mol. The molecule has 0 bridgehead atoms. The lowest BCUT2D eigenvalue weighted by Crippen LogP contribution is -2.29. The molecule has 0 aliphatic heterocycles. The minimum absolute atomic E-state index is 0.0687. The van der Waals surface area contributed by atoms with E-state index in [4.69, 9.17) is 21.8 Å².